The quantitative estimate of drug-likeness (QED) is 0.915. The molecule has 2 aromatic rings. The summed E-state index contributed by atoms with van der Waals surface area (Å²) in [6, 6.07) is 9.99. The lowest BCUT2D eigenvalue weighted by atomic mass is 10.1. The summed E-state index contributed by atoms with van der Waals surface area (Å²) < 4.78 is 1.81. The third-order valence-electron chi connectivity index (χ3n) is 4.23. The Morgan fingerprint density at radius 1 is 1.33 bits per heavy atom. The Hall–Kier alpha value is -2.63. The lowest BCUT2D eigenvalue weighted by Gasteiger charge is -2.14. The predicted molar refractivity (Wildman–Crippen MR) is 91.4 cm³/mol. The maximum absolute atomic E-state index is 12.3. The predicted octanol–water partition coefficient (Wildman–Crippen LogP) is 2.13. The summed E-state index contributed by atoms with van der Waals surface area (Å²) in [6.45, 7) is 4.95. The molecule has 1 atom stereocenters. The molecule has 1 fully saturated rings. The Morgan fingerprint density at radius 2 is 2.08 bits per heavy atom. The van der Waals surface area contributed by atoms with Gasteiger partial charge in [0.1, 0.15) is 0 Å². The monoisotopic (exact) mass is 326 g/mol. The van der Waals surface area contributed by atoms with Gasteiger partial charge in [-0.1, -0.05) is 30.3 Å². The molecular formula is C18H22N4O2. The van der Waals surface area contributed by atoms with Gasteiger partial charge in [0.15, 0.2) is 0 Å². The molecule has 1 N–H and O–H groups in total. The van der Waals surface area contributed by atoms with Crippen molar-refractivity contribution in [2.75, 3.05) is 11.4 Å². The summed E-state index contributed by atoms with van der Waals surface area (Å²) >= 11 is 0. The van der Waals surface area contributed by atoms with Gasteiger partial charge in [0.2, 0.25) is 11.8 Å². The Balaban J connectivity index is 1.60. The van der Waals surface area contributed by atoms with Gasteiger partial charge < -0.3 is 10.2 Å². The number of anilines is 1. The van der Waals surface area contributed by atoms with Crippen LogP contribution in [0.5, 0.6) is 0 Å². The number of carbonyl (C=O) groups is 2. The van der Waals surface area contributed by atoms with Crippen molar-refractivity contribution in [1.29, 1.82) is 0 Å². The summed E-state index contributed by atoms with van der Waals surface area (Å²) in [6.07, 6.45) is 3.78. The van der Waals surface area contributed by atoms with E-state index in [1.807, 2.05) is 55.1 Å². The van der Waals surface area contributed by atoms with Gasteiger partial charge in [-0.15, -0.1) is 0 Å². The molecule has 0 spiro atoms. The Labute approximate surface area is 141 Å². The van der Waals surface area contributed by atoms with Crippen LogP contribution < -0.4 is 10.2 Å². The number of amides is 2. The largest absolute Gasteiger partial charge is 0.352 e. The summed E-state index contributed by atoms with van der Waals surface area (Å²) in [4.78, 5) is 26.2. The van der Waals surface area contributed by atoms with Crippen LogP contribution in [-0.2, 0) is 16.1 Å². The Morgan fingerprint density at radius 3 is 2.75 bits per heavy atom. The maximum atomic E-state index is 12.3. The summed E-state index contributed by atoms with van der Waals surface area (Å²) in [5.74, 6) is -0.423. The van der Waals surface area contributed by atoms with Crippen molar-refractivity contribution in [3.05, 3.63) is 48.3 Å². The molecule has 2 heterocycles. The fraction of sp³-hybridized carbons (Fsp3) is 0.389. The first kappa shape index (κ1) is 16.2. The summed E-state index contributed by atoms with van der Waals surface area (Å²) in [7, 11) is 0. The average molecular weight is 326 g/mol. The number of rotatable bonds is 5. The van der Waals surface area contributed by atoms with E-state index in [1.54, 1.807) is 11.1 Å². The van der Waals surface area contributed by atoms with Crippen molar-refractivity contribution < 1.29 is 9.59 Å². The SMILES string of the molecule is CC(C)n1cc(N2C[C@@H](C(=O)NCc3ccccc3)CC2=O)cn1. The minimum Gasteiger partial charge on any atom is -0.352 e. The third-order valence-corrected chi connectivity index (χ3v) is 4.23. The van der Waals surface area contributed by atoms with E-state index in [1.165, 1.54) is 0 Å². The Kier molecular flexibility index (Phi) is 4.64. The third kappa shape index (κ3) is 3.48. The summed E-state index contributed by atoms with van der Waals surface area (Å²) in [5, 5.41) is 7.18. The van der Waals surface area contributed by atoms with Crippen LogP contribution in [-0.4, -0.2) is 28.1 Å². The average Bonchev–Trinajstić information content (AvgIpc) is 3.20. The van der Waals surface area contributed by atoms with Crippen molar-refractivity contribution in [2.24, 2.45) is 5.92 Å². The lowest BCUT2D eigenvalue weighted by molar-refractivity contribution is -0.126. The molecule has 1 aliphatic heterocycles. The molecule has 6 nitrogen and oxygen atoms in total. The first-order valence-corrected chi connectivity index (χ1v) is 8.20. The van der Waals surface area contributed by atoms with E-state index in [2.05, 4.69) is 10.4 Å². The zero-order valence-electron chi connectivity index (χ0n) is 14.0. The number of benzene rings is 1. The number of hydrogen-bond donors (Lipinski definition) is 1. The van der Waals surface area contributed by atoms with Crippen LogP contribution in [0.3, 0.4) is 0 Å². The molecule has 1 aliphatic rings. The number of nitrogens with zero attached hydrogens (tertiary/aromatic N) is 3. The van der Waals surface area contributed by atoms with Crippen molar-refractivity contribution in [3.8, 4) is 0 Å². The minimum absolute atomic E-state index is 0.0295. The van der Waals surface area contributed by atoms with Crippen molar-refractivity contribution in [3.63, 3.8) is 0 Å². The van der Waals surface area contributed by atoms with E-state index in [4.69, 9.17) is 0 Å². The van der Waals surface area contributed by atoms with Crippen LogP contribution >= 0.6 is 0 Å². The highest BCUT2D eigenvalue weighted by molar-refractivity contribution is 6.00. The fourth-order valence-electron chi connectivity index (χ4n) is 2.81. The Bertz CT molecular complexity index is 724. The van der Waals surface area contributed by atoms with Gasteiger partial charge >= 0.3 is 0 Å². The first-order valence-electron chi connectivity index (χ1n) is 8.20. The molecule has 0 bridgehead atoms. The molecule has 6 heteroatoms. The molecule has 0 unspecified atom stereocenters. The summed E-state index contributed by atoms with van der Waals surface area (Å²) in [5.41, 5.74) is 1.80. The second-order valence-electron chi connectivity index (χ2n) is 6.38. The zero-order chi connectivity index (χ0) is 17.1. The second kappa shape index (κ2) is 6.86. The molecule has 0 radical (unpaired) electrons. The molecule has 3 rings (SSSR count). The molecule has 0 saturated carbocycles. The normalized spacial score (nSPS) is 17.5. The maximum Gasteiger partial charge on any atom is 0.227 e. The van der Waals surface area contributed by atoms with Crippen LogP contribution in [0.15, 0.2) is 42.7 Å². The van der Waals surface area contributed by atoms with Gasteiger partial charge in [0, 0.05) is 31.7 Å². The van der Waals surface area contributed by atoms with Gasteiger partial charge in [-0.05, 0) is 19.4 Å². The van der Waals surface area contributed by atoms with Gasteiger partial charge in [-0.25, -0.2) is 0 Å². The molecular weight excluding hydrogens is 304 g/mol. The topological polar surface area (TPSA) is 67.2 Å². The van der Waals surface area contributed by atoms with Crippen LogP contribution in [0.2, 0.25) is 0 Å². The first-order chi connectivity index (χ1) is 11.5. The molecule has 24 heavy (non-hydrogen) atoms. The standard InChI is InChI=1S/C18H22N4O2/c1-13(2)22-12-16(10-20-22)21-11-15(8-17(21)23)18(24)19-9-14-6-4-3-5-7-14/h3-7,10,12-13,15H,8-9,11H2,1-2H3,(H,19,24)/t15-/m0/s1. The zero-order valence-corrected chi connectivity index (χ0v) is 14.0. The number of nitrogens with one attached hydrogen (secondary N) is 1. The van der Waals surface area contributed by atoms with Gasteiger partial charge in [0.25, 0.3) is 0 Å². The van der Waals surface area contributed by atoms with E-state index >= 15 is 0 Å². The van der Waals surface area contributed by atoms with Crippen molar-refractivity contribution in [1.82, 2.24) is 15.1 Å². The van der Waals surface area contributed by atoms with E-state index in [0.717, 1.165) is 11.3 Å². The second-order valence-corrected chi connectivity index (χ2v) is 6.38. The number of hydrogen-bond acceptors (Lipinski definition) is 3. The molecule has 1 saturated heterocycles. The van der Waals surface area contributed by atoms with Crippen LogP contribution in [0, 0.1) is 5.92 Å². The van der Waals surface area contributed by atoms with Crippen LogP contribution in [0.4, 0.5) is 5.69 Å². The van der Waals surface area contributed by atoms with E-state index in [9.17, 15) is 9.59 Å². The number of aromatic nitrogens is 2. The number of carbonyl (C=O) groups excluding carboxylic acids is 2. The van der Waals surface area contributed by atoms with Gasteiger partial charge in [-0.2, -0.15) is 5.10 Å². The molecule has 0 aliphatic carbocycles. The van der Waals surface area contributed by atoms with Gasteiger partial charge in [-0.3, -0.25) is 14.3 Å². The van der Waals surface area contributed by atoms with E-state index in [0.29, 0.717) is 13.1 Å². The van der Waals surface area contributed by atoms with Crippen molar-refractivity contribution >= 4 is 17.5 Å². The highest BCUT2D eigenvalue weighted by Gasteiger charge is 2.35. The van der Waals surface area contributed by atoms with Crippen molar-refractivity contribution in [2.45, 2.75) is 32.9 Å². The van der Waals surface area contributed by atoms with Crippen LogP contribution in [0.1, 0.15) is 31.9 Å². The molecule has 1 aromatic carbocycles. The highest BCUT2D eigenvalue weighted by atomic mass is 16.2. The van der Waals surface area contributed by atoms with E-state index in [-0.39, 0.29) is 30.2 Å². The van der Waals surface area contributed by atoms with E-state index < -0.39 is 0 Å². The highest BCUT2D eigenvalue weighted by Crippen LogP contribution is 2.25. The van der Waals surface area contributed by atoms with Crippen LogP contribution in [0.25, 0.3) is 0 Å². The lowest BCUT2D eigenvalue weighted by Crippen LogP contribution is -2.32. The molecule has 2 amide bonds. The smallest absolute Gasteiger partial charge is 0.227 e. The minimum atomic E-state index is -0.316. The molecule has 126 valence electrons. The fourth-order valence-corrected chi connectivity index (χ4v) is 2.81. The molecule has 1 aromatic heterocycles. The van der Waals surface area contributed by atoms with Gasteiger partial charge in [0.05, 0.1) is 17.8 Å².